The minimum absolute atomic E-state index is 0.0191. The predicted octanol–water partition coefficient (Wildman–Crippen LogP) is 3.87. The highest BCUT2D eigenvalue weighted by atomic mass is 32.1. The van der Waals surface area contributed by atoms with E-state index in [0.29, 0.717) is 19.5 Å². The molecule has 0 unspecified atom stereocenters. The van der Waals surface area contributed by atoms with Gasteiger partial charge in [0.1, 0.15) is 5.01 Å². The Kier molecular flexibility index (Phi) is 5.55. The van der Waals surface area contributed by atoms with E-state index in [1.54, 1.807) is 11.3 Å². The average molecular weight is 392 g/mol. The lowest BCUT2D eigenvalue weighted by Crippen LogP contribution is -2.33. The van der Waals surface area contributed by atoms with Crippen molar-refractivity contribution in [3.63, 3.8) is 0 Å². The summed E-state index contributed by atoms with van der Waals surface area (Å²) < 4.78 is 0. The van der Waals surface area contributed by atoms with Crippen molar-refractivity contribution in [1.82, 2.24) is 9.88 Å². The molecule has 2 N–H and O–H groups in total. The number of benzene rings is 2. The standard InChI is InChI=1S/C23H25N3OS/c1-2-16-8-10-18(11-9-16)23-25-19(15-28-23)12-22(27)26-13-20(21(24)14-26)17-6-4-3-5-7-17/h3-11,15,20-21H,2,12-14,24H2,1H3/t20-,21+/m0/s1. The average Bonchev–Trinajstić information content (AvgIpc) is 3.35. The van der Waals surface area contributed by atoms with Crippen LogP contribution in [-0.2, 0) is 17.6 Å². The number of carbonyl (C=O) groups excluding carboxylic acids is 1. The van der Waals surface area contributed by atoms with E-state index in [1.165, 1.54) is 11.1 Å². The first-order valence-corrected chi connectivity index (χ1v) is 10.6. The van der Waals surface area contributed by atoms with Crippen LogP contribution in [0.3, 0.4) is 0 Å². The zero-order chi connectivity index (χ0) is 19.5. The van der Waals surface area contributed by atoms with Crippen LogP contribution in [0, 0.1) is 0 Å². The SMILES string of the molecule is CCc1ccc(-c2nc(CC(=O)N3C[C@@H](N)[C@H](c4ccccc4)C3)cs2)cc1. The van der Waals surface area contributed by atoms with Crippen LogP contribution in [0.4, 0.5) is 0 Å². The number of carbonyl (C=O) groups is 1. The van der Waals surface area contributed by atoms with Crippen molar-refractivity contribution in [2.45, 2.75) is 31.7 Å². The fraction of sp³-hybridized carbons (Fsp3) is 0.304. The first kappa shape index (κ1) is 18.8. The van der Waals surface area contributed by atoms with Crippen molar-refractivity contribution in [3.8, 4) is 10.6 Å². The molecule has 0 spiro atoms. The zero-order valence-corrected chi connectivity index (χ0v) is 16.9. The molecule has 1 aliphatic heterocycles. The van der Waals surface area contributed by atoms with Crippen molar-refractivity contribution in [1.29, 1.82) is 0 Å². The number of nitrogens with zero attached hydrogens (tertiary/aromatic N) is 2. The van der Waals surface area contributed by atoms with Gasteiger partial charge in [-0.25, -0.2) is 4.98 Å². The molecule has 4 rings (SSSR count). The number of thiazole rings is 1. The molecule has 144 valence electrons. The van der Waals surface area contributed by atoms with Gasteiger partial charge < -0.3 is 10.6 Å². The van der Waals surface area contributed by atoms with E-state index in [4.69, 9.17) is 5.73 Å². The number of hydrogen-bond acceptors (Lipinski definition) is 4. The van der Waals surface area contributed by atoms with E-state index in [9.17, 15) is 4.79 Å². The van der Waals surface area contributed by atoms with Gasteiger partial charge in [0.15, 0.2) is 0 Å². The summed E-state index contributed by atoms with van der Waals surface area (Å²) in [6.07, 6.45) is 1.36. The van der Waals surface area contributed by atoms with Crippen molar-refractivity contribution in [3.05, 3.63) is 76.8 Å². The van der Waals surface area contributed by atoms with Gasteiger partial charge in [-0.05, 0) is 17.5 Å². The molecule has 28 heavy (non-hydrogen) atoms. The van der Waals surface area contributed by atoms with Crippen LogP contribution in [0.5, 0.6) is 0 Å². The lowest BCUT2D eigenvalue weighted by Gasteiger charge is -2.16. The van der Waals surface area contributed by atoms with Gasteiger partial charge in [-0.1, -0.05) is 61.5 Å². The largest absolute Gasteiger partial charge is 0.340 e. The summed E-state index contributed by atoms with van der Waals surface area (Å²) in [5, 5.41) is 2.96. The molecule has 2 aromatic carbocycles. The Morgan fingerprint density at radius 2 is 1.89 bits per heavy atom. The van der Waals surface area contributed by atoms with Crippen LogP contribution >= 0.6 is 11.3 Å². The second kappa shape index (κ2) is 8.25. The highest BCUT2D eigenvalue weighted by Crippen LogP contribution is 2.28. The molecule has 0 bridgehead atoms. The molecule has 5 heteroatoms. The molecule has 1 saturated heterocycles. The maximum absolute atomic E-state index is 12.8. The second-order valence-electron chi connectivity index (χ2n) is 7.35. The predicted molar refractivity (Wildman–Crippen MR) is 114 cm³/mol. The summed E-state index contributed by atoms with van der Waals surface area (Å²) in [4.78, 5) is 19.4. The Morgan fingerprint density at radius 1 is 1.14 bits per heavy atom. The van der Waals surface area contributed by atoms with Gasteiger partial charge in [-0.2, -0.15) is 0 Å². The number of aryl methyl sites for hydroxylation is 1. The lowest BCUT2D eigenvalue weighted by atomic mass is 9.95. The van der Waals surface area contributed by atoms with Gasteiger partial charge in [-0.3, -0.25) is 4.79 Å². The molecule has 1 aliphatic rings. The van der Waals surface area contributed by atoms with Gasteiger partial charge >= 0.3 is 0 Å². The maximum atomic E-state index is 12.8. The van der Waals surface area contributed by atoms with Crippen LogP contribution in [0.1, 0.15) is 29.7 Å². The van der Waals surface area contributed by atoms with Gasteiger partial charge in [0.2, 0.25) is 5.91 Å². The summed E-state index contributed by atoms with van der Waals surface area (Å²) in [7, 11) is 0. The molecule has 0 radical (unpaired) electrons. The number of hydrogen-bond donors (Lipinski definition) is 1. The first-order valence-electron chi connectivity index (χ1n) is 9.76. The Balaban J connectivity index is 1.41. The summed E-state index contributed by atoms with van der Waals surface area (Å²) in [6, 6.07) is 18.7. The number of aromatic nitrogens is 1. The number of rotatable bonds is 5. The molecule has 3 aromatic rings. The quantitative estimate of drug-likeness (QED) is 0.718. The maximum Gasteiger partial charge on any atom is 0.228 e. The van der Waals surface area contributed by atoms with Crippen LogP contribution in [0.15, 0.2) is 60.0 Å². The third-order valence-electron chi connectivity index (χ3n) is 5.44. The molecule has 1 aromatic heterocycles. The molecule has 4 nitrogen and oxygen atoms in total. The van der Waals surface area contributed by atoms with E-state index in [-0.39, 0.29) is 17.9 Å². The fourth-order valence-electron chi connectivity index (χ4n) is 3.76. The third kappa shape index (κ3) is 4.01. The second-order valence-corrected chi connectivity index (χ2v) is 8.21. The van der Waals surface area contributed by atoms with E-state index in [0.717, 1.165) is 22.7 Å². The first-order chi connectivity index (χ1) is 13.6. The van der Waals surface area contributed by atoms with Crippen LogP contribution in [-0.4, -0.2) is 34.9 Å². The molecule has 1 amide bonds. The normalized spacial score (nSPS) is 19.1. The molecular formula is C23H25N3OS. The number of nitrogens with two attached hydrogens (primary N) is 1. The minimum Gasteiger partial charge on any atom is -0.340 e. The van der Waals surface area contributed by atoms with Crippen LogP contribution < -0.4 is 5.73 Å². The highest BCUT2D eigenvalue weighted by molar-refractivity contribution is 7.13. The van der Waals surface area contributed by atoms with E-state index in [1.807, 2.05) is 28.5 Å². The summed E-state index contributed by atoms with van der Waals surface area (Å²) in [5.41, 5.74) is 10.8. The summed E-state index contributed by atoms with van der Waals surface area (Å²) in [6.45, 7) is 3.43. The van der Waals surface area contributed by atoms with Crippen LogP contribution in [0.25, 0.3) is 10.6 Å². The zero-order valence-electron chi connectivity index (χ0n) is 16.0. The third-order valence-corrected chi connectivity index (χ3v) is 6.38. The molecule has 0 saturated carbocycles. The summed E-state index contributed by atoms with van der Waals surface area (Å²) in [5.74, 6) is 0.306. The highest BCUT2D eigenvalue weighted by Gasteiger charge is 2.33. The molecule has 2 atom stereocenters. The van der Waals surface area contributed by atoms with Crippen molar-refractivity contribution >= 4 is 17.2 Å². The van der Waals surface area contributed by atoms with Gasteiger partial charge in [0.25, 0.3) is 0 Å². The van der Waals surface area contributed by atoms with Crippen molar-refractivity contribution in [2.75, 3.05) is 13.1 Å². The van der Waals surface area contributed by atoms with Crippen LogP contribution in [0.2, 0.25) is 0 Å². The molecular weight excluding hydrogens is 366 g/mol. The Labute approximate surface area is 170 Å². The minimum atomic E-state index is -0.0191. The lowest BCUT2D eigenvalue weighted by molar-refractivity contribution is -0.129. The van der Waals surface area contributed by atoms with E-state index < -0.39 is 0 Å². The van der Waals surface area contributed by atoms with E-state index in [2.05, 4.69) is 48.3 Å². The Hall–Kier alpha value is -2.50. The van der Waals surface area contributed by atoms with E-state index >= 15 is 0 Å². The topological polar surface area (TPSA) is 59.2 Å². The molecule has 2 heterocycles. The Morgan fingerprint density at radius 3 is 2.61 bits per heavy atom. The monoisotopic (exact) mass is 391 g/mol. The van der Waals surface area contributed by atoms with Gasteiger partial charge in [0, 0.05) is 36.0 Å². The van der Waals surface area contributed by atoms with Gasteiger partial charge in [0.05, 0.1) is 12.1 Å². The molecule has 0 aliphatic carbocycles. The number of likely N-dealkylation sites (tertiary alicyclic amines) is 1. The fourth-order valence-corrected chi connectivity index (χ4v) is 4.58. The summed E-state index contributed by atoms with van der Waals surface area (Å²) >= 11 is 1.59. The Bertz CT molecular complexity index is 936. The van der Waals surface area contributed by atoms with Crippen molar-refractivity contribution in [2.24, 2.45) is 5.73 Å². The van der Waals surface area contributed by atoms with Crippen molar-refractivity contribution < 1.29 is 4.79 Å². The molecule has 1 fully saturated rings. The number of amides is 1. The smallest absolute Gasteiger partial charge is 0.228 e. The van der Waals surface area contributed by atoms with Gasteiger partial charge in [-0.15, -0.1) is 11.3 Å².